The number of aryl methyl sites for hydroxylation is 3. The molecule has 1 aliphatic heterocycles. The van der Waals surface area contributed by atoms with Crippen molar-refractivity contribution in [3.8, 4) is 5.75 Å². The summed E-state index contributed by atoms with van der Waals surface area (Å²) in [5, 5.41) is 3.07. The molecule has 2 aromatic rings. The van der Waals surface area contributed by atoms with Crippen LogP contribution in [-0.4, -0.2) is 61.6 Å². The first-order valence-electron chi connectivity index (χ1n) is 10.6. The van der Waals surface area contributed by atoms with E-state index in [4.69, 9.17) is 4.74 Å². The number of hydrogen-bond donors (Lipinski definition) is 1. The monoisotopic (exact) mass is 395 g/mol. The van der Waals surface area contributed by atoms with Gasteiger partial charge in [-0.2, -0.15) is 0 Å². The van der Waals surface area contributed by atoms with Crippen LogP contribution in [-0.2, 0) is 11.2 Å². The van der Waals surface area contributed by atoms with Crippen LogP contribution in [0.5, 0.6) is 5.75 Å². The molecule has 5 nitrogen and oxygen atoms in total. The van der Waals surface area contributed by atoms with Crippen LogP contribution in [0.15, 0.2) is 42.5 Å². The van der Waals surface area contributed by atoms with E-state index in [0.29, 0.717) is 13.2 Å². The van der Waals surface area contributed by atoms with Crippen LogP contribution in [0.1, 0.15) is 23.6 Å². The first-order valence-corrected chi connectivity index (χ1v) is 10.6. The van der Waals surface area contributed by atoms with Gasteiger partial charge in [-0.15, -0.1) is 0 Å². The molecule has 1 saturated heterocycles. The lowest BCUT2D eigenvalue weighted by atomic mass is 10.1. The van der Waals surface area contributed by atoms with Crippen LogP contribution in [0, 0.1) is 13.8 Å². The van der Waals surface area contributed by atoms with Gasteiger partial charge in [0.2, 0.25) is 5.91 Å². The second-order valence-corrected chi connectivity index (χ2v) is 7.85. The van der Waals surface area contributed by atoms with Crippen molar-refractivity contribution in [2.75, 3.05) is 51.2 Å². The second kappa shape index (κ2) is 10.4. The molecule has 29 heavy (non-hydrogen) atoms. The maximum absolute atomic E-state index is 12.4. The average Bonchev–Trinajstić information content (AvgIpc) is 2.69. The van der Waals surface area contributed by atoms with Crippen molar-refractivity contribution < 1.29 is 9.53 Å². The lowest BCUT2D eigenvalue weighted by Gasteiger charge is -2.34. The maximum Gasteiger partial charge on any atom is 0.238 e. The van der Waals surface area contributed by atoms with Gasteiger partial charge in [0.25, 0.3) is 0 Å². The molecule has 1 fully saturated rings. The van der Waals surface area contributed by atoms with E-state index >= 15 is 0 Å². The third-order valence-electron chi connectivity index (χ3n) is 5.38. The van der Waals surface area contributed by atoms with Gasteiger partial charge in [0.1, 0.15) is 12.4 Å². The van der Waals surface area contributed by atoms with E-state index < -0.39 is 0 Å². The number of benzene rings is 2. The number of rotatable bonds is 8. The Hall–Kier alpha value is -2.37. The predicted octanol–water partition coefficient (Wildman–Crippen LogP) is 3.50. The van der Waals surface area contributed by atoms with E-state index in [-0.39, 0.29) is 5.91 Å². The van der Waals surface area contributed by atoms with Crippen LogP contribution >= 0.6 is 0 Å². The minimum absolute atomic E-state index is 0.0671. The summed E-state index contributed by atoms with van der Waals surface area (Å²) in [7, 11) is 0. The highest BCUT2D eigenvalue weighted by Gasteiger charge is 2.19. The molecule has 1 amide bonds. The van der Waals surface area contributed by atoms with E-state index in [2.05, 4.69) is 60.2 Å². The van der Waals surface area contributed by atoms with Gasteiger partial charge in [0.15, 0.2) is 0 Å². The van der Waals surface area contributed by atoms with Crippen molar-refractivity contribution in [3.05, 3.63) is 59.2 Å². The average molecular weight is 396 g/mol. The number of piperazine rings is 1. The lowest BCUT2D eigenvalue weighted by Crippen LogP contribution is -2.49. The van der Waals surface area contributed by atoms with E-state index in [1.165, 1.54) is 16.7 Å². The number of nitrogens with one attached hydrogen (secondary N) is 1. The zero-order chi connectivity index (χ0) is 20.6. The Morgan fingerprint density at radius 1 is 1.00 bits per heavy atom. The molecule has 0 atom stereocenters. The molecule has 0 saturated carbocycles. The largest absolute Gasteiger partial charge is 0.492 e. The van der Waals surface area contributed by atoms with Crippen LogP contribution in [0.4, 0.5) is 5.69 Å². The Bertz CT molecular complexity index is 793. The summed E-state index contributed by atoms with van der Waals surface area (Å²) >= 11 is 0. The molecule has 156 valence electrons. The molecule has 0 unspecified atom stereocenters. The molecule has 0 aromatic heterocycles. The molecule has 2 aromatic carbocycles. The molecule has 1 heterocycles. The second-order valence-electron chi connectivity index (χ2n) is 7.85. The Kier molecular flexibility index (Phi) is 7.67. The van der Waals surface area contributed by atoms with Crippen LogP contribution in [0.2, 0.25) is 0 Å². The van der Waals surface area contributed by atoms with Crippen LogP contribution in [0.25, 0.3) is 0 Å². The third kappa shape index (κ3) is 6.58. The topological polar surface area (TPSA) is 44.8 Å². The minimum atomic E-state index is 0.0671. The van der Waals surface area contributed by atoms with Crippen molar-refractivity contribution in [1.29, 1.82) is 0 Å². The fourth-order valence-corrected chi connectivity index (χ4v) is 3.82. The van der Waals surface area contributed by atoms with Gasteiger partial charge in [0.05, 0.1) is 6.54 Å². The molecular weight excluding hydrogens is 362 g/mol. The summed E-state index contributed by atoms with van der Waals surface area (Å²) in [6.07, 6.45) is 0.916. The fraction of sp³-hybridized carbons (Fsp3) is 0.458. The van der Waals surface area contributed by atoms with Crippen molar-refractivity contribution in [3.63, 3.8) is 0 Å². The lowest BCUT2D eigenvalue weighted by molar-refractivity contribution is -0.117. The van der Waals surface area contributed by atoms with Crippen LogP contribution in [0.3, 0.4) is 0 Å². The number of para-hydroxylation sites is 1. The quantitative estimate of drug-likeness (QED) is 0.743. The number of anilines is 1. The smallest absolute Gasteiger partial charge is 0.238 e. The number of carbonyl (C=O) groups excluding carboxylic acids is 1. The van der Waals surface area contributed by atoms with Gasteiger partial charge in [-0.05, 0) is 55.2 Å². The zero-order valence-corrected chi connectivity index (χ0v) is 17.9. The van der Waals surface area contributed by atoms with Crippen molar-refractivity contribution in [2.24, 2.45) is 0 Å². The summed E-state index contributed by atoms with van der Waals surface area (Å²) in [6, 6.07) is 14.3. The number of amides is 1. The summed E-state index contributed by atoms with van der Waals surface area (Å²) in [6.45, 7) is 12.1. The highest BCUT2D eigenvalue weighted by atomic mass is 16.5. The summed E-state index contributed by atoms with van der Waals surface area (Å²) in [5.41, 5.74) is 4.57. The number of ether oxygens (including phenoxy) is 1. The summed E-state index contributed by atoms with van der Waals surface area (Å²) in [5.74, 6) is 1.02. The number of carbonyl (C=O) groups is 1. The Balaban J connectivity index is 1.37. The molecule has 5 heteroatoms. The molecule has 0 radical (unpaired) electrons. The summed E-state index contributed by atoms with van der Waals surface area (Å²) < 4.78 is 5.93. The normalized spacial score (nSPS) is 15.3. The Morgan fingerprint density at radius 3 is 2.34 bits per heavy atom. The van der Waals surface area contributed by atoms with Crippen molar-refractivity contribution in [1.82, 2.24) is 9.80 Å². The van der Waals surface area contributed by atoms with E-state index in [9.17, 15) is 4.79 Å². The SMILES string of the molecule is CCc1ccccc1NC(=O)CN1CCN(CCOc2cc(C)cc(C)c2)CC1. The van der Waals surface area contributed by atoms with Gasteiger partial charge < -0.3 is 10.1 Å². The Labute approximate surface area is 174 Å². The molecule has 3 rings (SSSR count). The molecule has 1 aliphatic rings. The van der Waals surface area contributed by atoms with E-state index in [0.717, 1.165) is 50.6 Å². The van der Waals surface area contributed by atoms with Gasteiger partial charge >= 0.3 is 0 Å². The van der Waals surface area contributed by atoms with E-state index in [1.54, 1.807) is 0 Å². The molecule has 0 aliphatic carbocycles. The minimum Gasteiger partial charge on any atom is -0.492 e. The molecular formula is C24H33N3O2. The zero-order valence-electron chi connectivity index (χ0n) is 17.9. The third-order valence-corrected chi connectivity index (χ3v) is 5.38. The van der Waals surface area contributed by atoms with E-state index in [1.807, 2.05) is 18.2 Å². The summed E-state index contributed by atoms with van der Waals surface area (Å²) in [4.78, 5) is 17.1. The first kappa shape index (κ1) is 21.3. The number of nitrogens with zero attached hydrogens (tertiary/aromatic N) is 2. The standard InChI is InChI=1S/C24H33N3O2/c1-4-21-7-5-6-8-23(21)25-24(28)18-27-11-9-26(10-12-27)13-14-29-22-16-19(2)15-20(3)17-22/h5-8,15-17H,4,9-14,18H2,1-3H3,(H,25,28). The van der Waals surface area contributed by atoms with Gasteiger partial charge in [0, 0.05) is 38.4 Å². The highest BCUT2D eigenvalue weighted by Crippen LogP contribution is 2.17. The molecule has 1 N–H and O–H groups in total. The highest BCUT2D eigenvalue weighted by molar-refractivity contribution is 5.93. The van der Waals surface area contributed by atoms with Gasteiger partial charge in [-0.1, -0.05) is 31.2 Å². The first-order chi connectivity index (χ1) is 14.0. The Morgan fingerprint density at radius 2 is 1.66 bits per heavy atom. The molecule has 0 bridgehead atoms. The maximum atomic E-state index is 12.4. The number of hydrogen-bond acceptors (Lipinski definition) is 4. The van der Waals surface area contributed by atoms with Crippen LogP contribution < -0.4 is 10.1 Å². The predicted molar refractivity (Wildman–Crippen MR) is 119 cm³/mol. The van der Waals surface area contributed by atoms with Crippen molar-refractivity contribution >= 4 is 11.6 Å². The fourth-order valence-electron chi connectivity index (χ4n) is 3.82. The molecule has 0 spiro atoms. The van der Waals surface area contributed by atoms with Gasteiger partial charge in [-0.25, -0.2) is 0 Å². The van der Waals surface area contributed by atoms with Crippen molar-refractivity contribution in [2.45, 2.75) is 27.2 Å². The van der Waals surface area contributed by atoms with Gasteiger partial charge in [-0.3, -0.25) is 14.6 Å².